The van der Waals surface area contributed by atoms with Crippen LogP contribution in [-0.2, 0) is 16.6 Å². The van der Waals surface area contributed by atoms with Crippen LogP contribution in [0.15, 0.2) is 22.8 Å². The van der Waals surface area contributed by atoms with E-state index in [0.717, 1.165) is 0 Å². The Kier molecular flexibility index (Phi) is 4.62. The van der Waals surface area contributed by atoms with E-state index in [1.54, 1.807) is 0 Å². The van der Waals surface area contributed by atoms with Crippen molar-refractivity contribution in [2.24, 2.45) is 0 Å². The molecule has 0 aromatic carbocycles. The van der Waals surface area contributed by atoms with Gasteiger partial charge in [-0.15, -0.1) is 0 Å². The molecule has 4 nitrogen and oxygen atoms in total. The number of rotatable bonds is 5. The smallest absolute Gasteiger partial charge is 0.402 e. The lowest BCUT2D eigenvalue weighted by molar-refractivity contribution is -0.137. The van der Waals surface area contributed by atoms with Crippen molar-refractivity contribution in [3.63, 3.8) is 0 Å². The molecule has 0 atom stereocenters. The first kappa shape index (κ1) is 14.5. The predicted octanol–water partition coefficient (Wildman–Crippen LogP) is 2.33. The number of nitrogens with zero attached hydrogens (tertiary/aromatic N) is 1. The average Bonchev–Trinajstić information content (AvgIpc) is 2.67. The molecule has 9 heteroatoms. The third-order valence-corrected chi connectivity index (χ3v) is 4.86. The van der Waals surface area contributed by atoms with E-state index in [1.165, 1.54) is 18.4 Å². The number of sulfonamides is 1. The van der Waals surface area contributed by atoms with Gasteiger partial charge in [0.15, 0.2) is 0 Å². The summed E-state index contributed by atoms with van der Waals surface area (Å²) >= 11 is 2.66. The van der Waals surface area contributed by atoms with E-state index in [4.69, 9.17) is 4.42 Å². The third kappa shape index (κ3) is 4.68. The molecule has 0 fully saturated rings. The summed E-state index contributed by atoms with van der Waals surface area (Å²) in [5.74, 6) is 0.152. The Bertz CT molecular complexity index is 443. The average molecular weight is 336 g/mol. The Labute approximate surface area is 105 Å². The quantitative estimate of drug-likeness (QED) is 0.776. The van der Waals surface area contributed by atoms with Crippen LogP contribution in [0.1, 0.15) is 5.76 Å². The van der Waals surface area contributed by atoms with Crippen LogP contribution in [0.5, 0.6) is 0 Å². The highest BCUT2D eigenvalue weighted by Gasteiger charge is 2.36. The van der Waals surface area contributed by atoms with E-state index < -0.39 is 34.0 Å². The zero-order chi connectivity index (χ0) is 13.1. The standard InChI is InChI=1S/C8H9BrF3NO3S/c9-6-17(14,15)13(5-8(10,11)12)4-7-2-1-3-16-7/h1-3H,4-6H2. The van der Waals surface area contributed by atoms with E-state index in [1.807, 2.05) is 0 Å². The Morgan fingerprint density at radius 3 is 2.47 bits per heavy atom. The molecule has 0 aliphatic carbocycles. The van der Waals surface area contributed by atoms with Gasteiger partial charge < -0.3 is 4.42 Å². The minimum atomic E-state index is -4.60. The van der Waals surface area contributed by atoms with Gasteiger partial charge in [0.05, 0.1) is 12.8 Å². The summed E-state index contributed by atoms with van der Waals surface area (Å²) in [6, 6.07) is 2.88. The highest BCUT2D eigenvalue weighted by atomic mass is 79.9. The summed E-state index contributed by atoms with van der Waals surface area (Å²) < 4.78 is 64.2. The number of halogens is 4. The second-order valence-corrected chi connectivity index (χ2v) is 6.46. The summed E-state index contributed by atoms with van der Waals surface area (Å²) in [4.78, 5) is 0. The molecule has 0 bridgehead atoms. The van der Waals surface area contributed by atoms with Gasteiger partial charge >= 0.3 is 6.18 Å². The van der Waals surface area contributed by atoms with Gasteiger partial charge in [-0.1, -0.05) is 15.9 Å². The molecule has 0 N–H and O–H groups in total. The van der Waals surface area contributed by atoms with Crippen molar-refractivity contribution in [1.82, 2.24) is 4.31 Å². The Hall–Kier alpha value is -0.540. The molecule has 0 aliphatic heterocycles. The predicted molar refractivity (Wildman–Crippen MR) is 57.9 cm³/mol. The molecule has 0 aliphatic rings. The molecule has 0 spiro atoms. The Morgan fingerprint density at radius 1 is 1.41 bits per heavy atom. The maximum Gasteiger partial charge on any atom is 0.402 e. The van der Waals surface area contributed by atoms with Crippen LogP contribution in [0.2, 0.25) is 0 Å². The number of hydrogen-bond acceptors (Lipinski definition) is 3. The van der Waals surface area contributed by atoms with E-state index in [9.17, 15) is 21.6 Å². The fourth-order valence-electron chi connectivity index (χ4n) is 1.10. The van der Waals surface area contributed by atoms with E-state index in [0.29, 0.717) is 4.31 Å². The summed E-state index contributed by atoms with van der Waals surface area (Å²) in [5.41, 5.74) is 0. The fraction of sp³-hybridized carbons (Fsp3) is 0.500. The lowest BCUT2D eigenvalue weighted by atomic mass is 10.4. The van der Waals surface area contributed by atoms with Crippen LogP contribution < -0.4 is 0 Å². The van der Waals surface area contributed by atoms with Crippen molar-refractivity contribution in [2.45, 2.75) is 12.7 Å². The number of furan rings is 1. The van der Waals surface area contributed by atoms with Crippen molar-refractivity contribution in [3.8, 4) is 0 Å². The molecule has 1 heterocycles. The molecule has 0 radical (unpaired) electrons. The Balaban J connectivity index is 2.87. The van der Waals surface area contributed by atoms with Gasteiger partial charge in [-0.2, -0.15) is 17.5 Å². The first-order valence-electron chi connectivity index (χ1n) is 4.37. The molecule has 0 unspecified atom stereocenters. The molecule has 98 valence electrons. The van der Waals surface area contributed by atoms with Gasteiger partial charge in [0, 0.05) is 0 Å². The largest absolute Gasteiger partial charge is 0.468 e. The second-order valence-electron chi connectivity index (χ2n) is 3.18. The van der Waals surface area contributed by atoms with Gasteiger partial charge in [0.25, 0.3) is 0 Å². The summed E-state index contributed by atoms with van der Waals surface area (Å²) in [7, 11) is -4.00. The van der Waals surface area contributed by atoms with E-state index in [2.05, 4.69) is 15.9 Å². The molecule has 0 saturated heterocycles. The summed E-state index contributed by atoms with van der Waals surface area (Å²) in [6.45, 7) is -1.98. The molecule has 1 aromatic heterocycles. The van der Waals surface area contributed by atoms with Crippen LogP contribution in [0.4, 0.5) is 13.2 Å². The zero-order valence-electron chi connectivity index (χ0n) is 8.45. The Morgan fingerprint density at radius 2 is 2.06 bits per heavy atom. The first-order chi connectivity index (χ1) is 7.74. The van der Waals surface area contributed by atoms with Crippen molar-refractivity contribution in [3.05, 3.63) is 24.2 Å². The van der Waals surface area contributed by atoms with Crippen molar-refractivity contribution in [2.75, 3.05) is 11.2 Å². The molecule has 1 aromatic rings. The van der Waals surface area contributed by atoms with Crippen LogP contribution in [-0.4, -0.2) is 30.1 Å². The molecule has 0 amide bonds. The van der Waals surface area contributed by atoms with Gasteiger partial charge in [0.2, 0.25) is 10.0 Å². The lowest BCUT2D eigenvalue weighted by Crippen LogP contribution is -2.38. The lowest BCUT2D eigenvalue weighted by Gasteiger charge is -2.21. The topological polar surface area (TPSA) is 50.5 Å². The SMILES string of the molecule is O=S(=O)(CBr)N(Cc1ccco1)CC(F)(F)F. The minimum absolute atomic E-state index is 0.152. The van der Waals surface area contributed by atoms with Gasteiger partial charge in [-0.25, -0.2) is 8.42 Å². The second kappa shape index (κ2) is 5.40. The molecular formula is C8H9BrF3NO3S. The fourth-order valence-corrected chi connectivity index (χ4v) is 2.77. The number of hydrogen-bond donors (Lipinski definition) is 0. The van der Waals surface area contributed by atoms with Crippen LogP contribution >= 0.6 is 15.9 Å². The van der Waals surface area contributed by atoms with Gasteiger partial charge in [-0.05, 0) is 12.1 Å². The van der Waals surface area contributed by atoms with Crippen LogP contribution in [0.3, 0.4) is 0 Å². The molecule has 0 saturated carbocycles. The minimum Gasteiger partial charge on any atom is -0.468 e. The van der Waals surface area contributed by atoms with Crippen molar-refractivity contribution in [1.29, 1.82) is 0 Å². The van der Waals surface area contributed by atoms with Crippen LogP contribution in [0.25, 0.3) is 0 Å². The van der Waals surface area contributed by atoms with Crippen LogP contribution in [0, 0.1) is 0 Å². The molecule has 1 rings (SSSR count). The molecule has 17 heavy (non-hydrogen) atoms. The highest BCUT2D eigenvalue weighted by molar-refractivity contribution is 9.10. The number of alkyl halides is 4. The molecular weight excluding hydrogens is 327 g/mol. The first-order valence-corrected chi connectivity index (χ1v) is 7.10. The van der Waals surface area contributed by atoms with E-state index >= 15 is 0 Å². The van der Waals surface area contributed by atoms with Gasteiger partial charge in [0.1, 0.15) is 17.0 Å². The monoisotopic (exact) mass is 335 g/mol. The third-order valence-electron chi connectivity index (χ3n) is 1.80. The summed E-state index contributed by atoms with van der Waals surface area (Å²) in [6.07, 6.45) is -3.33. The maximum atomic E-state index is 12.2. The zero-order valence-corrected chi connectivity index (χ0v) is 10.8. The van der Waals surface area contributed by atoms with Crippen molar-refractivity contribution < 1.29 is 26.0 Å². The van der Waals surface area contributed by atoms with Gasteiger partial charge in [-0.3, -0.25) is 0 Å². The van der Waals surface area contributed by atoms with Crippen molar-refractivity contribution >= 4 is 26.0 Å². The summed E-state index contributed by atoms with van der Waals surface area (Å²) in [5, 5.41) is 0. The maximum absolute atomic E-state index is 12.2. The van der Waals surface area contributed by atoms with E-state index in [-0.39, 0.29) is 5.76 Å². The normalized spacial score (nSPS) is 13.2. The highest BCUT2D eigenvalue weighted by Crippen LogP contribution is 2.21.